The molecule has 152 valence electrons. The Hall–Kier alpha value is -2.31. The Bertz CT molecular complexity index is 879. The van der Waals surface area contributed by atoms with Gasteiger partial charge in [-0.25, -0.2) is 4.79 Å². The van der Waals surface area contributed by atoms with E-state index in [0.29, 0.717) is 12.8 Å². The van der Waals surface area contributed by atoms with Gasteiger partial charge in [-0.05, 0) is 43.4 Å². The fraction of sp³-hybridized carbons (Fsp3) is 0.391. The average Bonchev–Trinajstić information content (AvgIpc) is 2.77. The maximum Gasteiger partial charge on any atom is 0.338 e. The summed E-state index contributed by atoms with van der Waals surface area (Å²) in [5, 5.41) is 10.5. The first-order chi connectivity index (χ1) is 14.1. The molecule has 1 N–H and O–H groups in total. The summed E-state index contributed by atoms with van der Waals surface area (Å²) in [6.07, 6.45) is 3.40. The van der Waals surface area contributed by atoms with E-state index in [2.05, 4.69) is 0 Å². The first-order valence-electron chi connectivity index (χ1n) is 10.1. The lowest BCUT2D eigenvalue weighted by molar-refractivity contribution is -0.170. The van der Waals surface area contributed by atoms with E-state index in [0.717, 1.165) is 41.2 Å². The molecule has 4 rings (SSSR count). The normalized spacial score (nSPS) is 20.6. The van der Waals surface area contributed by atoms with Gasteiger partial charge in [0.1, 0.15) is 0 Å². The van der Waals surface area contributed by atoms with Crippen molar-refractivity contribution in [2.24, 2.45) is 0 Å². The van der Waals surface area contributed by atoms with Gasteiger partial charge in [-0.1, -0.05) is 48.9 Å². The molecule has 1 aliphatic carbocycles. The molecule has 29 heavy (non-hydrogen) atoms. The molecule has 0 saturated heterocycles. The highest BCUT2D eigenvalue weighted by atomic mass is 32.2. The summed E-state index contributed by atoms with van der Waals surface area (Å²) in [5.74, 6) is -0.231. The second-order valence-electron chi connectivity index (χ2n) is 7.64. The van der Waals surface area contributed by atoms with Gasteiger partial charge in [-0.2, -0.15) is 0 Å². The Kier molecular flexibility index (Phi) is 5.92. The van der Waals surface area contributed by atoms with Crippen molar-refractivity contribution in [1.82, 2.24) is 0 Å². The number of esters is 1. The summed E-state index contributed by atoms with van der Waals surface area (Å²) in [6.45, 7) is -0.372. The van der Waals surface area contributed by atoms with E-state index in [9.17, 15) is 14.7 Å². The zero-order chi connectivity index (χ0) is 20.3. The molecule has 0 bridgehead atoms. The summed E-state index contributed by atoms with van der Waals surface area (Å²) >= 11 is 1.72. The second-order valence-corrected chi connectivity index (χ2v) is 8.70. The SMILES string of the molecule is O=C(COC(=O)C1(O)CCCCC1)N1c2ccccc2SC[C@@H]1c1ccccc1. The summed E-state index contributed by atoms with van der Waals surface area (Å²) in [4.78, 5) is 28.4. The molecule has 0 unspecified atom stereocenters. The number of rotatable bonds is 4. The van der Waals surface area contributed by atoms with Crippen LogP contribution in [-0.4, -0.2) is 34.9 Å². The second kappa shape index (κ2) is 8.59. The van der Waals surface area contributed by atoms with E-state index in [4.69, 9.17) is 4.74 Å². The highest BCUT2D eigenvalue weighted by Crippen LogP contribution is 2.43. The molecule has 1 saturated carbocycles. The van der Waals surface area contributed by atoms with Crippen LogP contribution in [0.3, 0.4) is 0 Å². The average molecular weight is 412 g/mol. The quantitative estimate of drug-likeness (QED) is 0.767. The Morgan fingerprint density at radius 1 is 1.03 bits per heavy atom. The van der Waals surface area contributed by atoms with Crippen LogP contribution in [0, 0.1) is 0 Å². The molecule has 1 heterocycles. The topological polar surface area (TPSA) is 66.8 Å². The van der Waals surface area contributed by atoms with Crippen LogP contribution in [0.25, 0.3) is 0 Å². The lowest BCUT2D eigenvalue weighted by Gasteiger charge is -2.37. The number of hydrogen-bond donors (Lipinski definition) is 1. The Labute approximate surface area is 175 Å². The van der Waals surface area contributed by atoms with E-state index in [1.165, 1.54) is 0 Å². The molecule has 6 heteroatoms. The number of aliphatic hydroxyl groups is 1. The first-order valence-corrected chi connectivity index (χ1v) is 11.1. The predicted molar refractivity (Wildman–Crippen MR) is 113 cm³/mol. The third kappa shape index (κ3) is 4.19. The number of carbonyl (C=O) groups is 2. The molecule has 2 aliphatic rings. The van der Waals surface area contributed by atoms with Crippen molar-refractivity contribution in [3.8, 4) is 0 Å². The van der Waals surface area contributed by atoms with Crippen LogP contribution in [0.15, 0.2) is 59.5 Å². The van der Waals surface area contributed by atoms with Crippen LogP contribution in [0.5, 0.6) is 0 Å². The molecule has 1 amide bonds. The molecule has 1 fully saturated rings. The van der Waals surface area contributed by atoms with Gasteiger partial charge in [0.2, 0.25) is 0 Å². The number of benzene rings is 2. The predicted octanol–water partition coefficient (Wildman–Crippen LogP) is 4.11. The van der Waals surface area contributed by atoms with Gasteiger partial charge in [0.05, 0.1) is 11.7 Å². The van der Waals surface area contributed by atoms with Gasteiger partial charge in [0.25, 0.3) is 5.91 Å². The summed E-state index contributed by atoms with van der Waals surface area (Å²) in [7, 11) is 0. The molecule has 5 nitrogen and oxygen atoms in total. The Balaban J connectivity index is 1.54. The molecule has 1 atom stereocenters. The number of ether oxygens (including phenoxy) is 1. The van der Waals surface area contributed by atoms with E-state index < -0.39 is 11.6 Å². The maximum absolute atomic E-state index is 13.2. The number of hydrogen-bond acceptors (Lipinski definition) is 5. The van der Waals surface area contributed by atoms with Crippen LogP contribution >= 0.6 is 11.8 Å². The highest BCUT2D eigenvalue weighted by Gasteiger charge is 2.40. The maximum atomic E-state index is 13.2. The van der Waals surface area contributed by atoms with Crippen molar-refractivity contribution >= 4 is 29.3 Å². The summed E-state index contributed by atoms with van der Waals surface area (Å²) < 4.78 is 5.31. The van der Waals surface area contributed by atoms with Crippen molar-refractivity contribution in [2.45, 2.75) is 48.6 Å². The van der Waals surface area contributed by atoms with E-state index in [1.807, 2.05) is 54.6 Å². The van der Waals surface area contributed by atoms with Crippen LogP contribution in [0.1, 0.15) is 43.7 Å². The summed E-state index contributed by atoms with van der Waals surface area (Å²) in [5.41, 5.74) is 0.419. The number of carbonyl (C=O) groups excluding carboxylic acids is 2. The van der Waals surface area contributed by atoms with Crippen molar-refractivity contribution in [1.29, 1.82) is 0 Å². The monoisotopic (exact) mass is 411 g/mol. The molecule has 0 radical (unpaired) electrons. The highest BCUT2D eigenvalue weighted by molar-refractivity contribution is 7.99. The van der Waals surface area contributed by atoms with Crippen LogP contribution in [0.4, 0.5) is 5.69 Å². The molecule has 2 aromatic rings. The van der Waals surface area contributed by atoms with Crippen molar-refractivity contribution < 1.29 is 19.4 Å². The van der Waals surface area contributed by atoms with Gasteiger partial charge in [-0.3, -0.25) is 9.69 Å². The molecular formula is C23H25NO4S. The van der Waals surface area contributed by atoms with E-state index >= 15 is 0 Å². The number of thioether (sulfide) groups is 1. The molecular weight excluding hydrogens is 386 g/mol. The Morgan fingerprint density at radius 3 is 2.48 bits per heavy atom. The van der Waals surface area contributed by atoms with Crippen molar-refractivity contribution in [2.75, 3.05) is 17.3 Å². The lowest BCUT2D eigenvalue weighted by atomic mass is 9.85. The largest absolute Gasteiger partial charge is 0.453 e. The van der Waals surface area contributed by atoms with Crippen molar-refractivity contribution in [3.05, 3.63) is 60.2 Å². The lowest BCUT2D eigenvalue weighted by Crippen LogP contribution is -2.45. The van der Waals surface area contributed by atoms with Gasteiger partial charge in [0, 0.05) is 10.6 Å². The molecule has 2 aromatic carbocycles. The van der Waals surface area contributed by atoms with Gasteiger partial charge in [-0.15, -0.1) is 11.8 Å². The minimum absolute atomic E-state index is 0.139. The fourth-order valence-corrected chi connectivity index (χ4v) is 5.26. The smallest absolute Gasteiger partial charge is 0.338 e. The molecule has 0 spiro atoms. The molecule has 1 aliphatic heterocycles. The Morgan fingerprint density at radius 2 is 1.72 bits per heavy atom. The fourth-order valence-electron chi connectivity index (χ4n) is 4.09. The van der Waals surface area contributed by atoms with Crippen LogP contribution in [0.2, 0.25) is 0 Å². The van der Waals surface area contributed by atoms with Gasteiger partial charge >= 0.3 is 5.97 Å². The van der Waals surface area contributed by atoms with Gasteiger partial charge < -0.3 is 9.84 Å². The standard InChI is InChI=1S/C23H25NO4S/c25-21(15-28-22(26)23(27)13-7-2-8-14-23)24-18-11-5-6-12-20(18)29-16-19(24)17-9-3-1-4-10-17/h1,3-6,9-12,19,27H,2,7-8,13-16H2/t19-/m1/s1. The van der Waals surface area contributed by atoms with Crippen LogP contribution < -0.4 is 4.90 Å². The number of fused-ring (bicyclic) bond motifs is 1. The number of anilines is 1. The third-order valence-electron chi connectivity index (χ3n) is 5.67. The van der Waals surface area contributed by atoms with Crippen LogP contribution in [-0.2, 0) is 14.3 Å². The number of para-hydroxylation sites is 1. The zero-order valence-corrected chi connectivity index (χ0v) is 17.1. The minimum Gasteiger partial charge on any atom is -0.453 e. The number of nitrogens with zero attached hydrogens (tertiary/aromatic N) is 1. The third-order valence-corrected chi connectivity index (χ3v) is 6.81. The van der Waals surface area contributed by atoms with Crippen molar-refractivity contribution in [3.63, 3.8) is 0 Å². The van der Waals surface area contributed by atoms with E-state index in [1.54, 1.807) is 16.7 Å². The van der Waals surface area contributed by atoms with Gasteiger partial charge in [0.15, 0.2) is 12.2 Å². The van der Waals surface area contributed by atoms with E-state index in [-0.39, 0.29) is 18.6 Å². The summed E-state index contributed by atoms with van der Waals surface area (Å²) in [6, 6.07) is 17.5. The minimum atomic E-state index is -1.45. The first kappa shape index (κ1) is 20.0. The molecule has 0 aromatic heterocycles. The number of amides is 1. The zero-order valence-electron chi connectivity index (χ0n) is 16.3.